The smallest absolute Gasteiger partial charge is 0.314 e. The third kappa shape index (κ3) is 3.74. The van der Waals surface area contributed by atoms with Crippen LogP contribution in [-0.2, 0) is 15.6 Å². The summed E-state index contributed by atoms with van der Waals surface area (Å²) in [5.74, 6) is -1.04. The first-order valence-electron chi connectivity index (χ1n) is 11.1. The number of carboxylic acids is 1. The fraction of sp³-hybridized carbons (Fsp3) is 0.462. The lowest BCUT2D eigenvalue weighted by Crippen LogP contribution is -2.56. The lowest BCUT2D eigenvalue weighted by molar-refractivity contribution is -0.149. The molecular formula is C26H29FN2O2. The number of rotatable bonds is 4. The van der Waals surface area contributed by atoms with Gasteiger partial charge in [-0.25, -0.2) is 4.39 Å². The monoisotopic (exact) mass is 420 g/mol. The van der Waals surface area contributed by atoms with Crippen molar-refractivity contribution >= 4 is 5.97 Å². The van der Waals surface area contributed by atoms with Crippen LogP contribution in [0.25, 0.3) is 0 Å². The molecule has 4 nitrogen and oxygen atoms in total. The number of likely N-dealkylation sites (tertiary alicyclic amines) is 1. The van der Waals surface area contributed by atoms with Crippen LogP contribution >= 0.6 is 0 Å². The molecule has 2 aromatic rings. The molecule has 1 saturated carbocycles. The third-order valence-electron chi connectivity index (χ3n) is 7.75. The minimum atomic E-state index is -0.850. The molecule has 2 atom stereocenters. The molecule has 2 unspecified atom stereocenters. The predicted octanol–water partition coefficient (Wildman–Crippen LogP) is 4.89. The van der Waals surface area contributed by atoms with E-state index in [4.69, 9.17) is 0 Å². The molecule has 0 spiro atoms. The van der Waals surface area contributed by atoms with Gasteiger partial charge >= 0.3 is 5.97 Å². The van der Waals surface area contributed by atoms with Crippen molar-refractivity contribution in [3.63, 3.8) is 0 Å². The highest BCUT2D eigenvalue weighted by Crippen LogP contribution is 2.44. The highest BCUT2D eigenvalue weighted by atomic mass is 19.1. The number of hydrogen-bond acceptors (Lipinski definition) is 3. The van der Waals surface area contributed by atoms with Gasteiger partial charge in [-0.05, 0) is 67.8 Å². The van der Waals surface area contributed by atoms with Gasteiger partial charge in [-0.15, -0.1) is 0 Å². The summed E-state index contributed by atoms with van der Waals surface area (Å²) >= 11 is 0. The maximum absolute atomic E-state index is 13.3. The van der Waals surface area contributed by atoms with Gasteiger partial charge in [-0.3, -0.25) is 4.79 Å². The van der Waals surface area contributed by atoms with Gasteiger partial charge in [0.05, 0.1) is 16.9 Å². The fourth-order valence-electron chi connectivity index (χ4n) is 5.80. The third-order valence-corrected chi connectivity index (χ3v) is 7.75. The predicted molar refractivity (Wildman–Crippen MR) is 117 cm³/mol. The van der Waals surface area contributed by atoms with Crippen molar-refractivity contribution in [1.82, 2.24) is 4.90 Å². The van der Waals surface area contributed by atoms with Crippen molar-refractivity contribution in [2.45, 2.75) is 55.9 Å². The fourth-order valence-corrected chi connectivity index (χ4v) is 5.80. The van der Waals surface area contributed by atoms with Crippen molar-refractivity contribution in [2.24, 2.45) is 5.92 Å². The van der Waals surface area contributed by atoms with E-state index in [0.717, 1.165) is 49.9 Å². The SMILES string of the molecule is CC1CN([C@H]2CC[C@](C#N)(c3ccc(F)cc3)CC2)CCC1(C(=O)O)c1ccccc1. The van der Waals surface area contributed by atoms with Gasteiger partial charge in [0.2, 0.25) is 0 Å². The Balaban J connectivity index is 1.47. The Morgan fingerprint density at radius 2 is 1.71 bits per heavy atom. The van der Waals surface area contributed by atoms with Crippen molar-refractivity contribution in [1.29, 1.82) is 5.26 Å². The topological polar surface area (TPSA) is 64.3 Å². The molecule has 2 aromatic carbocycles. The van der Waals surface area contributed by atoms with Crippen LogP contribution in [0.15, 0.2) is 54.6 Å². The number of piperidine rings is 1. The first kappa shape index (κ1) is 21.5. The zero-order valence-corrected chi connectivity index (χ0v) is 17.9. The van der Waals surface area contributed by atoms with E-state index in [2.05, 4.69) is 11.0 Å². The molecule has 0 bridgehead atoms. The Kier molecular flexibility index (Phi) is 5.85. The molecule has 1 N–H and O–H groups in total. The number of benzene rings is 2. The quantitative estimate of drug-likeness (QED) is 0.765. The minimum Gasteiger partial charge on any atom is -0.481 e. The van der Waals surface area contributed by atoms with Crippen molar-refractivity contribution in [3.8, 4) is 6.07 Å². The number of carboxylic acid groups (broad SMARTS) is 1. The van der Waals surface area contributed by atoms with Gasteiger partial charge in [-0.1, -0.05) is 49.4 Å². The standard InChI is InChI=1S/C26H29FN2O2/c1-19-17-29(16-15-26(19,24(30)31)21-5-3-2-4-6-21)23-11-13-25(18-28,14-12-23)20-7-9-22(27)10-8-20/h2-10,19,23H,11-17H2,1H3,(H,30,31)/t19?,23-,25-,26?. The highest BCUT2D eigenvalue weighted by molar-refractivity contribution is 5.82. The number of carbonyl (C=O) groups is 1. The molecule has 0 radical (unpaired) electrons. The Hall–Kier alpha value is -2.71. The number of halogens is 1. The summed E-state index contributed by atoms with van der Waals surface area (Å²) in [4.78, 5) is 14.8. The summed E-state index contributed by atoms with van der Waals surface area (Å²) in [6.07, 6.45) is 3.86. The molecule has 31 heavy (non-hydrogen) atoms. The molecule has 1 aliphatic heterocycles. The minimum absolute atomic E-state index is 0.0131. The molecule has 4 rings (SSSR count). The van der Waals surface area contributed by atoms with Crippen LogP contribution in [0, 0.1) is 23.1 Å². The number of nitriles is 1. The zero-order chi connectivity index (χ0) is 22.1. The van der Waals surface area contributed by atoms with Crippen LogP contribution in [0.3, 0.4) is 0 Å². The second-order valence-electron chi connectivity index (χ2n) is 9.22. The van der Waals surface area contributed by atoms with Crippen molar-refractivity contribution < 1.29 is 14.3 Å². The van der Waals surface area contributed by atoms with E-state index in [1.807, 2.05) is 37.3 Å². The van der Waals surface area contributed by atoms with E-state index in [9.17, 15) is 19.6 Å². The molecule has 162 valence electrons. The first-order chi connectivity index (χ1) is 14.9. The molecule has 0 amide bonds. The number of hydrogen-bond donors (Lipinski definition) is 1. The van der Waals surface area contributed by atoms with Gasteiger partial charge in [0.1, 0.15) is 5.82 Å². The Labute approximate surface area is 183 Å². The first-order valence-corrected chi connectivity index (χ1v) is 11.1. The number of aliphatic carboxylic acids is 1. The van der Waals surface area contributed by atoms with Gasteiger partial charge in [0.25, 0.3) is 0 Å². The highest BCUT2D eigenvalue weighted by Gasteiger charge is 2.50. The van der Waals surface area contributed by atoms with Crippen LogP contribution in [-0.4, -0.2) is 35.1 Å². The summed E-state index contributed by atoms with van der Waals surface area (Å²) in [5, 5.41) is 20.1. The van der Waals surface area contributed by atoms with E-state index in [1.54, 1.807) is 12.1 Å². The van der Waals surface area contributed by atoms with E-state index >= 15 is 0 Å². The number of nitrogens with zero attached hydrogens (tertiary/aromatic N) is 2. The van der Waals surface area contributed by atoms with Crippen LogP contribution < -0.4 is 0 Å². The molecule has 2 aliphatic rings. The summed E-state index contributed by atoms with van der Waals surface area (Å²) in [6.45, 7) is 3.53. The molecule has 1 aliphatic carbocycles. The molecule has 5 heteroatoms. The maximum Gasteiger partial charge on any atom is 0.314 e. The summed E-state index contributed by atoms with van der Waals surface area (Å²) in [7, 11) is 0. The van der Waals surface area contributed by atoms with Crippen LogP contribution in [0.4, 0.5) is 4.39 Å². The van der Waals surface area contributed by atoms with E-state index in [0.29, 0.717) is 12.5 Å². The summed E-state index contributed by atoms with van der Waals surface area (Å²) in [5.41, 5.74) is 0.381. The largest absolute Gasteiger partial charge is 0.481 e. The normalized spacial score (nSPS) is 31.6. The average molecular weight is 421 g/mol. The molecule has 0 aromatic heterocycles. The molecule has 1 heterocycles. The zero-order valence-electron chi connectivity index (χ0n) is 17.9. The maximum atomic E-state index is 13.3. The van der Waals surface area contributed by atoms with Crippen LogP contribution in [0.2, 0.25) is 0 Å². The Morgan fingerprint density at radius 1 is 1.06 bits per heavy atom. The van der Waals surface area contributed by atoms with Crippen LogP contribution in [0.5, 0.6) is 0 Å². The van der Waals surface area contributed by atoms with Gasteiger partial charge in [-0.2, -0.15) is 5.26 Å². The summed E-state index contributed by atoms with van der Waals surface area (Å²) < 4.78 is 13.3. The average Bonchev–Trinajstić information content (AvgIpc) is 2.80. The van der Waals surface area contributed by atoms with E-state index < -0.39 is 16.8 Å². The van der Waals surface area contributed by atoms with E-state index in [1.165, 1.54) is 12.1 Å². The lowest BCUT2D eigenvalue weighted by atomic mass is 9.65. The second-order valence-corrected chi connectivity index (χ2v) is 9.22. The lowest BCUT2D eigenvalue weighted by Gasteiger charge is -2.48. The van der Waals surface area contributed by atoms with Gasteiger partial charge in [0.15, 0.2) is 0 Å². The van der Waals surface area contributed by atoms with Crippen LogP contribution in [0.1, 0.15) is 50.2 Å². The van der Waals surface area contributed by atoms with E-state index in [-0.39, 0.29) is 11.7 Å². The Morgan fingerprint density at radius 3 is 2.26 bits per heavy atom. The van der Waals surface area contributed by atoms with Crippen molar-refractivity contribution in [3.05, 3.63) is 71.5 Å². The van der Waals surface area contributed by atoms with Crippen molar-refractivity contribution in [2.75, 3.05) is 13.1 Å². The van der Waals surface area contributed by atoms with Gasteiger partial charge < -0.3 is 10.0 Å². The van der Waals surface area contributed by atoms with Gasteiger partial charge in [0, 0.05) is 12.6 Å². The second kappa shape index (κ2) is 8.43. The molecule has 2 fully saturated rings. The Bertz CT molecular complexity index is 961. The molecular weight excluding hydrogens is 391 g/mol. The molecule has 1 saturated heterocycles. The summed E-state index contributed by atoms with van der Waals surface area (Å²) in [6, 6.07) is 18.8.